The highest BCUT2D eigenvalue weighted by atomic mass is 35.5. The summed E-state index contributed by atoms with van der Waals surface area (Å²) in [6.45, 7) is 1.87. The molecule has 3 rings (SSSR count). The van der Waals surface area contributed by atoms with Gasteiger partial charge in [0.1, 0.15) is 23.5 Å². The van der Waals surface area contributed by atoms with Gasteiger partial charge in [0.25, 0.3) is 0 Å². The molecule has 0 aliphatic rings. The van der Waals surface area contributed by atoms with Crippen molar-refractivity contribution in [2.75, 3.05) is 5.73 Å². The first-order valence-electron chi connectivity index (χ1n) is 6.31. The molecule has 108 valence electrons. The second kappa shape index (κ2) is 5.13. The van der Waals surface area contributed by atoms with Crippen LogP contribution in [-0.4, -0.2) is 9.78 Å². The summed E-state index contributed by atoms with van der Waals surface area (Å²) in [4.78, 5) is 0. The van der Waals surface area contributed by atoms with Crippen LogP contribution in [0.5, 0.6) is 0 Å². The monoisotopic (exact) mass is 321 g/mol. The first-order chi connectivity index (χ1) is 9.99. The van der Waals surface area contributed by atoms with Crippen molar-refractivity contribution in [3.63, 3.8) is 0 Å². The number of furan rings is 1. The van der Waals surface area contributed by atoms with E-state index in [1.807, 2.05) is 13.0 Å². The van der Waals surface area contributed by atoms with E-state index in [2.05, 4.69) is 5.10 Å². The summed E-state index contributed by atoms with van der Waals surface area (Å²) in [7, 11) is 1.78. The van der Waals surface area contributed by atoms with Gasteiger partial charge in [0.2, 0.25) is 0 Å². The van der Waals surface area contributed by atoms with Crippen molar-refractivity contribution in [3.05, 3.63) is 46.3 Å². The zero-order valence-electron chi connectivity index (χ0n) is 11.5. The average Bonchev–Trinajstić information content (AvgIpc) is 2.97. The number of nitrogens with two attached hydrogens (primary N) is 1. The van der Waals surface area contributed by atoms with Crippen LogP contribution in [0, 0.1) is 6.92 Å². The molecule has 21 heavy (non-hydrogen) atoms. The van der Waals surface area contributed by atoms with Crippen LogP contribution in [0.25, 0.3) is 22.4 Å². The summed E-state index contributed by atoms with van der Waals surface area (Å²) >= 11 is 12.6. The lowest BCUT2D eigenvalue weighted by atomic mass is 10.0. The lowest BCUT2D eigenvalue weighted by Crippen LogP contribution is -1.98. The Morgan fingerprint density at radius 2 is 1.86 bits per heavy atom. The number of hydrogen-bond donors (Lipinski definition) is 1. The number of aryl methyl sites for hydroxylation is 2. The summed E-state index contributed by atoms with van der Waals surface area (Å²) in [5.41, 5.74) is 9.10. The van der Waals surface area contributed by atoms with Crippen LogP contribution in [0.1, 0.15) is 5.76 Å². The molecule has 2 heterocycles. The molecule has 0 saturated heterocycles. The van der Waals surface area contributed by atoms with Gasteiger partial charge in [0, 0.05) is 18.2 Å². The average molecular weight is 322 g/mol. The van der Waals surface area contributed by atoms with Gasteiger partial charge in [0.15, 0.2) is 0 Å². The number of nitrogen functional groups attached to an aromatic ring is 1. The van der Waals surface area contributed by atoms with Gasteiger partial charge in [-0.05, 0) is 25.1 Å². The van der Waals surface area contributed by atoms with E-state index in [9.17, 15) is 0 Å². The number of benzene rings is 1. The summed E-state index contributed by atoms with van der Waals surface area (Å²) in [6, 6.07) is 7.25. The number of rotatable bonds is 2. The standard InChI is InChI=1S/C15H13Cl2N3O/c1-8-6-9(7-21-8)14-13(15(18)20(2)19-14)12-10(16)4-3-5-11(12)17/h3-7H,18H2,1-2H3. The molecule has 0 aliphatic heterocycles. The molecule has 3 aromatic rings. The Morgan fingerprint density at radius 1 is 1.19 bits per heavy atom. The maximum atomic E-state index is 6.31. The molecule has 2 N–H and O–H groups in total. The van der Waals surface area contributed by atoms with E-state index < -0.39 is 0 Å². The van der Waals surface area contributed by atoms with E-state index in [0.717, 1.165) is 11.3 Å². The number of nitrogens with zero attached hydrogens (tertiary/aromatic N) is 2. The van der Waals surface area contributed by atoms with Crippen LogP contribution in [0.15, 0.2) is 34.9 Å². The molecule has 0 saturated carbocycles. The Labute approximate surface area is 132 Å². The van der Waals surface area contributed by atoms with Crippen molar-refractivity contribution >= 4 is 29.0 Å². The highest BCUT2D eigenvalue weighted by molar-refractivity contribution is 6.39. The number of aromatic nitrogens is 2. The normalized spacial score (nSPS) is 11.0. The Morgan fingerprint density at radius 3 is 2.43 bits per heavy atom. The fourth-order valence-electron chi connectivity index (χ4n) is 2.29. The molecule has 0 aliphatic carbocycles. The quantitative estimate of drug-likeness (QED) is 0.753. The minimum Gasteiger partial charge on any atom is -0.469 e. The molecular weight excluding hydrogens is 309 g/mol. The third-order valence-corrected chi connectivity index (χ3v) is 3.94. The van der Waals surface area contributed by atoms with Crippen molar-refractivity contribution in [1.29, 1.82) is 0 Å². The molecule has 0 unspecified atom stereocenters. The lowest BCUT2D eigenvalue weighted by Gasteiger charge is -2.08. The maximum Gasteiger partial charge on any atom is 0.130 e. The SMILES string of the molecule is Cc1cc(-c2nn(C)c(N)c2-c2c(Cl)cccc2Cl)co1. The summed E-state index contributed by atoms with van der Waals surface area (Å²) in [5, 5.41) is 5.53. The van der Waals surface area contributed by atoms with Gasteiger partial charge in [0.05, 0.1) is 15.6 Å². The van der Waals surface area contributed by atoms with E-state index in [1.54, 1.807) is 36.2 Å². The summed E-state index contributed by atoms with van der Waals surface area (Å²) in [5.74, 6) is 1.30. The molecule has 0 radical (unpaired) electrons. The Kier molecular flexibility index (Phi) is 3.43. The second-order valence-corrected chi connectivity index (χ2v) is 5.59. The molecule has 0 fully saturated rings. The van der Waals surface area contributed by atoms with Crippen LogP contribution >= 0.6 is 23.2 Å². The molecule has 4 nitrogen and oxygen atoms in total. The molecule has 0 bridgehead atoms. The van der Waals surface area contributed by atoms with Crippen LogP contribution in [0.3, 0.4) is 0 Å². The van der Waals surface area contributed by atoms with Gasteiger partial charge in [-0.1, -0.05) is 29.3 Å². The van der Waals surface area contributed by atoms with E-state index in [1.165, 1.54) is 0 Å². The van der Waals surface area contributed by atoms with Gasteiger partial charge in [-0.3, -0.25) is 4.68 Å². The Hall–Kier alpha value is -1.91. The zero-order chi connectivity index (χ0) is 15.1. The second-order valence-electron chi connectivity index (χ2n) is 4.78. The van der Waals surface area contributed by atoms with Crippen LogP contribution in [0.2, 0.25) is 10.0 Å². The molecule has 2 aromatic heterocycles. The van der Waals surface area contributed by atoms with Crippen LogP contribution in [-0.2, 0) is 7.05 Å². The van der Waals surface area contributed by atoms with E-state index >= 15 is 0 Å². The molecule has 1 aromatic carbocycles. The maximum absolute atomic E-state index is 6.31. The predicted octanol–water partition coefficient (Wildman–Crippen LogP) is 4.54. The third kappa shape index (κ3) is 2.30. The van der Waals surface area contributed by atoms with Crippen molar-refractivity contribution in [3.8, 4) is 22.4 Å². The van der Waals surface area contributed by atoms with Gasteiger partial charge in [-0.15, -0.1) is 0 Å². The van der Waals surface area contributed by atoms with Gasteiger partial charge < -0.3 is 10.2 Å². The summed E-state index contributed by atoms with van der Waals surface area (Å²) < 4.78 is 6.97. The largest absolute Gasteiger partial charge is 0.469 e. The fraction of sp³-hybridized carbons (Fsp3) is 0.133. The highest BCUT2D eigenvalue weighted by Crippen LogP contribution is 2.43. The van der Waals surface area contributed by atoms with Crippen molar-refractivity contribution in [1.82, 2.24) is 9.78 Å². The molecule has 0 amide bonds. The zero-order valence-corrected chi connectivity index (χ0v) is 13.0. The minimum atomic E-state index is 0.499. The number of anilines is 1. The van der Waals surface area contributed by atoms with Crippen LogP contribution in [0.4, 0.5) is 5.82 Å². The van der Waals surface area contributed by atoms with Gasteiger partial charge in [-0.2, -0.15) is 5.10 Å². The van der Waals surface area contributed by atoms with Crippen LogP contribution < -0.4 is 5.73 Å². The molecule has 0 spiro atoms. The lowest BCUT2D eigenvalue weighted by molar-refractivity contribution is 0.535. The topological polar surface area (TPSA) is 57.0 Å². The summed E-state index contributed by atoms with van der Waals surface area (Å²) in [6.07, 6.45) is 1.64. The van der Waals surface area contributed by atoms with E-state index in [0.29, 0.717) is 32.7 Å². The fourth-order valence-corrected chi connectivity index (χ4v) is 2.88. The smallest absolute Gasteiger partial charge is 0.130 e. The van der Waals surface area contributed by atoms with E-state index in [-0.39, 0.29) is 0 Å². The Bertz CT molecular complexity index is 800. The number of hydrogen-bond acceptors (Lipinski definition) is 3. The minimum absolute atomic E-state index is 0.499. The van der Waals surface area contributed by atoms with Crippen molar-refractivity contribution in [2.24, 2.45) is 7.05 Å². The predicted molar refractivity (Wildman–Crippen MR) is 85.5 cm³/mol. The highest BCUT2D eigenvalue weighted by Gasteiger charge is 2.22. The van der Waals surface area contributed by atoms with Crippen molar-refractivity contribution in [2.45, 2.75) is 6.92 Å². The van der Waals surface area contributed by atoms with Crippen molar-refractivity contribution < 1.29 is 4.42 Å². The molecule has 6 heteroatoms. The van der Waals surface area contributed by atoms with Gasteiger partial charge >= 0.3 is 0 Å². The Balaban J connectivity index is 2.32. The first-order valence-corrected chi connectivity index (χ1v) is 7.07. The molecular formula is C15H13Cl2N3O. The van der Waals surface area contributed by atoms with E-state index in [4.69, 9.17) is 33.4 Å². The third-order valence-electron chi connectivity index (χ3n) is 3.31. The van der Waals surface area contributed by atoms with Gasteiger partial charge in [-0.25, -0.2) is 0 Å². The molecule has 0 atom stereocenters. The number of halogens is 2. The first kappa shape index (κ1) is 14.0.